The average Bonchev–Trinajstić information content (AvgIpc) is 2.03. The van der Waals surface area contributed by atoms with Crippen molar-refractivity contribution < 1.29 is 5.11 Å². The molecule has 0 heterocycles. The minimum atomic E-state index is 0.158. The number of hydrogen-bond donors (Lipinski definition) is 2. The number of thioether (sulfide) groups is 1. The predicted molar refractivity (Wildman–Crippen MR) is 53.7 cm³/mol. The largest absolute Gasteiger partial charge is 0.399 e. The Morgan fingerprint density at radius 2 is 2.25 bits per heavy atom. The standard InChI is InChI=1S/C8H10ClNOS/c9-7-5-6(10)1-2-8(7)12-4-3-11/h1-2,5,11H,3-4,10H2. The van der Waals surface area contributed by atoms with E-state index in [-0.39, 0.29) is 6.61 Å². The second-order valence-electron chi connectivity index (χ2n) is 2.26. The summed E-state index contributed by atoms with van der Waals surface area (Å²) in [6.07, 6.45) is 0. The summed E-state index contributed by atoms with van der Waals surface area (Å²) < 4.78 is 0. The Morgan fingerprint density at radius 3 is 2.83 bits per heavy atom. The van der Waals surface area contributed by atoms with Gasteiger partial charge in [0.15, 0.2) is 0 Å². The van der Waals surface area contributed by atoms with Crippen LogP contribution in [0.2, 0.25) is 5.02 Å². The first-order chi connectivity index (χ1) is 5.74. The molecule has 0 bridgehead atoms. The SMILES string of the molecule is Nc1ccc(SCCO)c(Cl)c1. The van der Waals surface area contributed by atoms with Crippen LogP contribution in [0.5, 0.6) is 0 Å². The van der Waals surface area contributed by atoms with E-state index in [1.54, 1.807) is 12.1 Å². The normalized spacial score (nSPS) is 10.2. The molecule has 1 aromatic carbocycles. The van der Waals surface area contributed by atoms with E-state index < -0.39 is 0 Å². The number of anilines is 1. The summed E-state index contributed by atoms with van der Waals surface area (Å²) in [5.41, 5.74) is 6.17. The molecule has 0 saturated carbocycles. The second-order valence-corrected chi connectivity index (χ2v) is 3.81. The summed E-state index contributed by atoms with van der Waals surface area (Å²) in [4.78, 5) is 0.958. The smallest absolute Gasteiger partial charge is 0.0562 e. The number of halogens is 1. The summed E-state index contributed by atoms with van der Waals surface area (Å²) in [6.45, 7) is 0.158. The molecule has 0 fully saturated rings. The van der Waals surface area contributed by atoms with Crippen LogP contribution in [0.4, 0.5) is 5.69 Å². The van der Waals surface area contributed by atoms with Gasteiger partial charge in [0.1, 0.15) is 0 Å². The van der Waals surface area contributed by atoms with Crippen molar-refractivity contribution in [3.8, 4) is 0 Å². The highest BCUT2D eigenvalue weighted by Gasteiger charge is 1.99. The highest BCUT2D eigenvalue weighted by molar-refractivity contribution is 7.99. The molecule has 3 N–H and O–H groups in total. The zero-order chi connectivity index (χ0) is 8.97. The molecular formula is C8H10ClNOS. The van der Waals surface area contributed by atoms with Crippen LogP contribution in [0.15, 0.2) is 23.1 Å². The molecule has 66 valence electrons. The van der Waals surface area contributed by atoms with Crippen LogP contribution in [0, 0.1) is 0 Å². The van der Waals surface area contributed by atoms with Crippen LogP contribution in [0.25, 0.3) is 0 Å². The van der Waals surface area contributed by atoms with Crippen molar-refractivity contribution >= 4 is 29.1 Å². The third-order valence-corrected chi connectivity index (χ3v) is 2.78. The first-order valence-electron chi connectivity index (χ1n) is 3.52. The molecule has 0 aliphatic rings. The maximum absolute atomic E-state index is 8.58. The van der Waals surface area contributed by atoms with E-state index >= 15 is 0 Å². The molecule has 12 heavy (non-hydrogen) atoms. The lowest BCUT2D eigenvalue weighted by Gasteiger charge is -2.02. The van der Waals surface area contributed by atoms with Crippen molar-refractivity contribution in [2.45, 2.75) is 4.90 Å². The van der Waals surface area contributed by atoms with Gasteiger partial charge in [-0.3, -0.25) is 0 Å². The average molecular weight is 204 g/mol. The van der Waals surface area contributed by atoms with E-state index in [1.165, 1.54) is 11.8 Å². The minimum Gasteiger partial charge on any atom is -0.399 e. The van der Waals surface area contributed by atoms with E-state index in [0.717, 1.165) is 4.90 Å². The summed E-state index contributed by atoms with van der Waals surface area (Å²) >= 11 is 7.40. The Morgan fingerprint density at radius 1 is 1.50 bits per heavy atom. The maximum atomic E-state index is 8.58. The Labute approximate surface area is 80.7 Å². The quantitative estimate of drug-likeness (QED) is 0.584. The van der Waals surface area contributed by atoms with Crippen molar-refractivity contribution in [1.29, 1.82) is 0 Å². The zero-order valence-electron chi connectivity index (χ0n) is 6.46. The fourth-order valence-electron chi connectivity index (χ4n) is 0.790. The van der Waals surface area contributed by atoms with Crippen molar-refractivity contribution in [3.63, 3.8) is 0 Å². The van der Waals surface area contributed by atoms with Crippen molar-refractivity contribution in [3.05, 3.63) is 23.2 Å². The lowest BCUT2D eigenvalue weighted by atomic mass is 10.3. The molecule has 0 amide bonds. The van der Waals surface area contributed by atoms with Crippen molar-refractivity contribution in [1.82, 2.24) is 0 Å². The van der Waals surface area contributed by atoms with Gasteiger partial charge in [-0.05, 0) is 18.2 Å². The molecule has 0 spiro atoms. The number of aliphatic hydroxyl groups excluding tert-OH is 1. The van der Waals surface area contributed by atoms with Crippen LogP contribution < -0.4 is 5.73 Å². The molecule has 0 atom stereocenters. The number of benzene rings is 1. The first-order valence-corrected chi connectivity index (χ1v) is 4.89. The van der Waals surface area contributed by atoms with Gasteiger partial charge in [-0.1, -0.05) is 11.6 Å². The van der Waals surface area contributed by atoms with E-state index in [1.807, 2.05) is 6.07 Å². The predicted octanol–water partition coefficient (Wildman–Crippen LogP) is 2.01. The van der Waals surface area contributed by atoms with Gasteiger partial charge in [0, 0.05) is 16.3 Å². The van der Waals surface area contributed by atoms with E-state index in [4.69, 9.17) is 22.4 Å². The zero-order valence-corrected chi connectivity index (χ0v) is 8.03. The minimum absolute atomic E-state index is 0.158. The molecule has 0 radical (unpaired) electrons. The molecule has 4 heteroatoms. The molecule has 0 unspecified atom stereocenters. The van der Waals surface area contributed by atoms with Crippen LogP contribution in [-0.4, -0.2) is 17.5 Å². The maximum Gasteiger partial charge on any atom is 0.0562 e. The van der Waals surface area contributed by atoms with Gasteiger partial charge >= 0.3 is 0 Å². The Bertz CT molecular complexity index is 267. The molecule has 1 aromatic rings. The Balaban J connectivity index is 2.72. The van der Waals surface area contributed by atoms with Gasteiger partial charge in [-0.25, -0.2) is 0 Å². The Hall–Kier alpha value is -0.380. The number of rotatable bonds is 3. The first kappa shape index (κ1) is 9.71. The summed E-state index contributed by atoms with van der Waals surface area (Å²) in [7, 11) is 0. The van der Waals surface area contributed by atoms with Crippen LogP contribution in [-0.2, 0) is 0 Å². The molecule has 2 nitrogen and oxygen atoms in total. The Kier molecular flexibility index (Phi) is 3.72. The van der Waals surface area contributed by atoms with Gasteiger partial charge in [-0.15, -0.1) is 11.8 Å². The molecular weight excluding hydrogens is 194 g/mol. The highest BCUT2D eigenvalue weighted by atomic mass is 35.5. The topological polar surface area (TPSA) is 46.2 Å². The number of aliphatic hydroxyl groups is 1. The number of nitrogen functional groups attached to an aromatic ring is 1. The molecule has 0 aromatic heterocycles. The van der Waals surface area contributed by atoms with Gasteiger partial charge in [-0.2, -0.15) is 0 Å². The molecule has 0 saturated heterocycles. The molecule has 1 rings (SSSR count). The monoisotopic (exact) mass is 203 g/mol. The van der Waals surface area contributed by atoms with Crippen molar-refractivity contribution in [2.24, 2.45) is 0 Å². The van der Waals surface area contributed by atoms with Crippen LogP contribution in [0.3, 0.4) is 0 Å². The van der Waals surface area contributed by atoms with E-state index in [9.17, 15) is 0 Å². The number of hydrogen-bond acceptors (Lipinski definition) is 3. The summed E-state index contributed by atoms with van der Waals surface area (Å²) in [5, 5.41) is 9.23. The fraction of sp³-hybridized carbons (Fsp3) is 0.250. The van der Waals surface area contributed by atoms with Gasteiger partial charge in [0.2, 0.25) is 0 Å². The fourth-order valence-corrected chi connectivity index (χ4v) is 1.81. The van der Waals surface area contributed by atoms with Gasteiger partial charge in [0.25, 0.3) is 0 Å². The molecule has 0 aliphatic carbocycles. The third kappa shape index (κ3) is 2.59. The highest BCUT2D eigenvalue weighted by Crippen LogP contribution is 2.28. The summed E-state index contributed by atoms with van der Waals surface area (Å²) in [6, 6.07) is 5.37. The second kappa shape index (κ2) is 4.60. The van der Waals surface area contributed by atoms with Crippen LogP contribution >= 0.6 is 23.4 Å². The summed E-state index contributed by atoms with van der Waals surface area (Å²) in [5.74, 6) is 0.656. The number of nitrogens with two attached hydrogens (primary N) is 1. The van der Waals surface area contributed by atoms with Gasteiger partial charge < -0.3 is 10.8 Å². The third-order valence-electron chi connectivity index (χ3n) is 1.30. The lowest BCUT2D eigenvalue weighted by molar-refractivity contribution is 0.322. The lowest BCUT2D eigenvalue weighted by Crippen LogP contribution is -1.88. The van der Waals surface area contributed by atoms with E-state index in [2.05, 4.69) is 0 Å². The van der Waals surface area contributed by atoms with Gasteiger partial charge in [0.05, 0.1) is 11.6 Å². The van der Waals surface area contributed by atoms with Crippen LogP contribution in [0.1, 0.15) is 0 Å². The molecule has 0 aliphatic heterocycles. The van der Waals surface area contributed by atoms with Crippen molar-refractivity contribution in [2.75, 3.05) is 18.1 Å². The van der Waals surface area contributed by atoms with E-state index in [0.29, 0.717) is 16.5 Å².